The number of nitrogens with one attached hydrogen (secondary N) is 1. The molecule has 2 aromatic carbocycles. The first-order valence-corrected chi connectivity index (χ1v) is 10.3. The van der Waals surface area contributed by atoms with E-state index < -0.39 is 0 Å². The van der Waals surface area contributed by atoms with Crippen LogP contribution in [0.5, 0.6) is 0 Å². The number of para-hydroxylation sites is 1. The number of anilines is 2. The van der Waals surface area contributed by atoms with Crippen molar-refractivity contribution in [3.8, 4) is 0 Å². The molecule has 7 nitrogen and oxygen atoms in total. The van der Waals surface area contributed by atoms with Crippen LogP contribution in [0.4, 0.5) is 11.4 Å². The summed E-state index contributed by atoms with van der Waals surface area (Å²) in [7, 11) is 0. The van der Waals surface area contributed by atoms with Crippen LogP contribution in [-0.2, 0) is 17.8 Å². The molecule has 0 spiro atoms. The Morgan fingerprint density at radius 1 is 1.06 bits per heavy atom. The Bertz CT molecular complexity index is 1180. The third kappa shape index (κ3) is 4.40. The Hall–Kier alpha value is -3.74. The number of fused-ring (bicyclic) bond motifs is 1. The molecule has 4 rings (SSSR count). The van der Waals surface area contributed by atoms with E-state index in [9.17, 15) is 14.4 Å². The van der Waals surface area contributed by atoms with Gasteiger partial charge in [-0.2, -0.15) is 5.10 Å². The fraction of sp³-hybridized carbons (Fsp3) is 0.250. The van der Waals surface area contributed by atoms with Gasteiger partial charge in [-0.25, -0.2) is 4.68 Å². The van der Waals surface area contributed by atoms with Gasteiger partial charge in [0.05, 0.1) is 6.54 Å². The van der Waals surface area contributed by atoms with Crippen LogP contribution in [0.3, 0.4) is 0 Å². The molecule has 0 saturated heterocycles. The number of aromatic nitrogens is 2. The average Bonchev–Trinajstić information content (AvgIpc) is 3.10. The monoisotopic (exact) mass is 416 g/mol. The molecular formula is C24H24N4O3. The summed E-state index contributed by atoms with van der Waals surface area (Å²) in [4.78, 5) is 39.4. The van der Waals surface area contributed by atoms with Gasteiger partial charge in [0.25, 0.3) is 11.5 Å². The van der Waals surface area contributed by atoms with Crippen LogP contribution in [0.1, 0.15) is 35.0 Å². The van der Waals surface area contributed by atoms with Crippen molar-refractivity contribution in [3.63, 3.8) is 0 Å². The summed E-state index contributed by atoms with van der Waals surface area (Å²) in [6.45, 7) is 4.05. The highest BCUT2D eigenvalue weighted by atomic mass is 16.2. The van der Waals surface area contributed by atoms with Crippen molar-refractivity contribution in [3.05, 3.63) is 87.8 Å². The molecule has 7 heteroatoms. The normalized spacial score (nSPS) is 14.9. The quantitative estimate of drug-likeness (QED) is 0.692. The van der Waals surface area contributed by atoms with Crippen molar-refractivity contribution in [2.75, 3.05) is 10.2 Å². The minimum absolute atomic E-state index is 0.00682. The van der Waals surface area contributed by atoms with Gasteiger partial charge in [-0.1, -0.05) is 35.9 Å². The van der Waals surface area contributed by atoms with Crippen molar-refractivity contribution < 1.29 is 9.59 Å². The summed E-state index contributed by atoms with van der Waals surface area (Å²) >= 11 is 0. The third-order valence-corrected chi connectivity index (χ3v) is 5.40. The van der Waals surface area contributed by atoms with E-state index in [1.807, 2.05) is 62.4 Å². The maximum atomic E-state index is 13.2. The van der Waals surface area contributed by atoms with Crippen LogP contribution in [-0.4, -0.2) is 27.6 Å². The maximum absolute atomic E-state index is 13.2. The second-order valence-electron chi connectivity index (χ2n) is 7.80. The van der Waals surface area contributed by atoms with Crippen molar-refractivity contribution in [1.29, 1.82) is 0 Å². The number of rotatable bonds is 5. The molecule has 0 radical (unpaired) electrons. The summed E-state index contributed by atoms with van der Waals surface area (Å²) in [5.74, 6) is -0.480. The topological polar surface area (TPSA) is 84.3 Å². The van der Waals surface area contributed by atoms with Crippen LogP contribution >= 0.6 is 0 Å². The van der Waals surface area contributed by atoms with Gasteiger partial charge in [-0.15, -0.1) is 0 Å². The molecule has 31 heavy (non-hydrogen) atoms. The summed E-state index contributed by atoms with van der Waals surface area (Å²) in [5.41, 5.74) is 3.62. The Morgan fingerprint density at radius 3 is 2.58 bits per heavy atom. The van der Waals surface area contributed by atoms with E-state index in [4.69, 9.17) is 0 Å². The predicted molar refractivity (Wildman–Crippen MR) is 119 cm³/mol. The van der Waals surface area contributed by atoms with E-state index in [0.29, 0.717) is 5.69 Å². The molecule has 2 heterocycles. The molecule has 0 aliphatic carbocycles. The molecule has 0 saturated carbocycles. The standard InChI is InChI=1S/C24H24N4O3/c1-16-7-9-19(10-8-16)25-22(29)13-14-27-23(30)12-11-20(26-27)24(31)28-17(2)15-18-5-3-4-6-21(18)28/h3-12,17H,13-15H2,1-2H3,(H,25,29). The number of benzene rings is 2. The van der Waals surface area contributed by atoms with Gasteiger partial charge >= 0.3 is 0 Å². The highest BCUT2D eigenvalue weighted by Crippen LogP contribution is 2.32. The minimum Gasteiger partial charge on any atom is -0.326 e. The largest absolute Gasteiger partial charge is 0.326 e. The summed E-state index contributed by atoms with van der Waals surface area (Å²) in [6.07, 6.45) is 0.849. The molecule has 1 N–H and O–H groups in total. The molecule has 0 bridgehead atoms. The summed E-state index contributed by atoms with van der Waals surface area (Å²) in [5, 5.41) is 7.05. The average molecular weight is 416 g/mol. The molecule has 1 aliphatic heterocycles. The van der Waals surface area contributed by atoms with Gasteiger partial charge in [-0.3, -0.25) is 14.4 Å². The Morgan fingerprint density at radius 2 is 1.81 bits per heavy atom. The molecule has 3 aromatic rings. The molecule has 1 unspecified atom stereocenters. The van der Waals surface area contributed by atoms with E-state index in [1.54, 1.807) is 4.90 Å². The van der Waals surface area contributed by atoms with Gasteiger partial charge in [0.15, 0.2) is 0 Å². The number of hydrogen-bond donors (Lipinski definition) is 1. The second kappa shape index (κ2) is 8.55. The van der Waals surface area contributed by atoms with Crippen molar-refractivity contribution in [2.45, 2.75) is 39.3 Å². The highest BCUT2D eigenvalue weighted by Gasteiger charge is 2.32. The molecule has 1 aliphatic rings. The van der Waals surface area contributed by atoms with Crippen LogP contribution in [0.15, 0.2) is 65.5 Å². The summed E-state index contributed by atoms with van der Waals surface area (Å²) < 4.78 is 1.18. The zero-order valence-corrected chi connectivity index (χ0v) is 17.5. The third-order valence-electron chi connectivity index (χ3n) is 5.40. The number of aryl methyl sites for hydroxylation is 2. The molecule has 1 aromatic heterocycles. The van der Waals surface area contributed by atoms with Crippen molar-refractivity contribution >= 4 is 23.2 Å². The molecule has 158 valence electrons. The smallest absolute Gasteiger partial charge is 0.278 e. The lowest BCUT2D eigenvalue weighted by Gasteiger charge is -2.22. The second-order valence-corrected chi connectivity index (χ2v) is 7.80. The minimum atomic E-state index is -0.352. The Labute approximate surface area is 180 Å². The molecule has 0 fully saturated rings. The predicted octanol–water partition coefficient (Wildman–Crippen LogP) is 3.17. The van der Waals surface area contributed by atoms with Gasteiger partial charge in [0, 0.05) is 29.9 Å². The number of carbonyl (C=O) groups is 2. The van der Waals surface area contributed by atoms with Crippen molar-refractivity contribution in [2.24, 2.45) is 0 Å². The van der Waals surface area contributed by atoms with Gasteiger partial charge in [-0.05, 0) is 50.1 Å². The van der Waals surface area contributed by atoms with Gasteiger partial charge in [0.1, 0.15) is 5.69 Å². The van der Waals surface area contributed by atoms with Gasteiger partial charge in [0.2, 0.25) is 5.91 Å². The highest BCUT2D eigenvalue weighted by molar-refractivity contribution is 6.06. The Kier molecular flexibility index (Phi) is 5.66. The Balaban J connectivity index is 1.47. The van der Waals surface area contributed by atoms with Crippen LogP contribution in [0, 0.1) is 6.92 Å². The van der Waals surface area contributed by atoms with E-state index >= 15 is 0 Å². The van der Waals surface area contributed by atoms with Gasteiger partial charge < -0.3 is 10.2 Å². The summed E-state index contributed by atoms with van der Waals surface area (Å²) in [6, 6.07) is 18.0. The lowest BCUT2D eigenvalue weighted by Crippen LogP contribution is -2.37. The SMILES string of the molecule is Cc1ccc(NC(=O)CCn2nc(C(=O)N3c4ccccc4CC3C)ccc2=O)cc1. The molecule has 2 amide bonds. The first kappa shape index (κ1) is 20.5. The zero-order chi connectivity index (χ0) is 22.0. The fourth-order valence-electron chi connectivity index (χ4n) is 3.79. The lowest BCUT2D eigenvalue weighted by atomic mass is 10.1. The first-order chi connectivity index (χ1) is 14.9. The number of hydrogen-bond acceptors (Lipinski definition) is 4. The lowest BCUT2D eigenvalue weighted by molar-refractivity contribution is -0.116. The van der Waals surface area contributed by atoms with Crippen LogP contribution < -0.4 is 15.8 Å². The number of amides is 2. The van der Waals surface area contributed by atoms with E-state index in [1.165, 1.54) is 16.8 Å². The first-order valence-electron chi connectivity index (χ1n) is 10.3. The maximum Gasteiger partial charge on any atom is 0.278 e. The van der Waals surface area contributed by atoms with E-state index in [-0.39, 0.29) is 42.1 Å². The number of carbonyl (C=O) groups excluding carboxylic acids is 2. The zero-order valence-electron chi connectivity index (χ0n) is 17.5. The molecular weight excluding hydrogens is 392 g/mol. The molecule has 1 atom stereocenters. The van der Waals surface area contributed by atoms with Crippen molar-refractivity contribution in [1.82, 2.24) is 9.78 Å². The fourth-order valence-corrected chi connectivity index (χ4v) is 3.79. The van der Waals surface area contributed by atoms with E-state index in [0.717, 1.165) is 23.2 Å². The number of nitrogens with zero attached hydrogens (tertiary/aromatic N) is 3. The van der Waals surface area contributed by atoms with Crippen LogP contribution in [0.2, 0.25) is 0 Å². The van der Waals surface area contributed by atoms with E-state index in [2.05, 4.69) is 10.4 Å². The van der Waals surface area contributed by atoms with Crippen LogP contribution in [0.25, 0.3) is 0 Å².